The fourth-order valence-corrected chi connectivity index (χ4v) is 3.39. The minimum Gasteiger partial charge on any atom is -0.356 e. The van der Waals surface area contributed by atoms with Crippen LogP contribution in [0.5, 0.6) is 0 Å². The van der Waals surface area contributed by atoms with Crippen molar-refractivity contribution in [3.63, 3.8) is 0 Å². The summed E-state index contributed by atoms with van der Waals surface area (Å²) in [6, 6.07) is 2.15. The predicted molar refractivity (Wildman–Crippen MR) is 94.9 cm³/mol. The lowest BCUT2D eigenvalue weighted by atomic mass is 10.1. The van der Waals surface area contributed by atoms with Gasteiger partial charge < -0.3 is 10.6 Å². The lowest BCUT2D eigenvalue weighted by molar-refractivity contribution is 0.646. The number of aliphatic imine (C=N–C) groups is 1. The molecule has 2 unspecified atom stereocenters. The first kappa shape index (κ1) is 18.2. The third-order valence-electron chi connectivity index (χ3n) is 3.17. The fourth-order valence-electron chi connectivity index (χ4n) is 1.71. The van der Waals surface area contributed by atoms with E-state index in [1.54, 1.807) is 18.4 Å². The number of guanidine groups is 1. The molecule has 0 aliphatic carbocycles. The van der Waals surface area contributed by atoms with Crippen LogP contribution >= 0.6 is 11.3 Å². The maximum Gasteiger partial charge on any atom is 0.191 e. The Hall–Kier alpha value is -0.880. The van der Waals surface area contributed by atoms with Crippen molar-refractivity contribution in [3.8, 4) is 0 Å². The summed E-state index contributed by atoms with van der Waals surface area (Å²) in [5, 5.41) is 10.8. The first-order chi connectivity index (χ1) is 9.84. The molecule has 1 aromatic rings. The van der Waals surface area contributed by atoms with Crippen LogP contribution in [-0.2, 0) is 10.8 Å². The minimum absolute atomic E-state index is 0.161. The third-order valence-corrected chi connectivity index (χ3v) is 5.82. The Kier molecular flexibility index (Phi) is 7.39. The number of hydrogen-bond acceptors (Lipinski definition) is 3. The van der Waals surface area contributed by atoms with Gasteiger partial charge in [0.05, 0.1) is 0 Å². The van der Waals surface area contributed by atoms with Gasteiger partial charge in [0.1, 0.15) is 0 Å². The van der Waals surface area contributed by atoms with Gasteiger partial charge in [-0.1, -0.05) is 6.92 Å². The Balaban J connectivity index is 2.31. The lowest BCUT2D eigenvalue weighted by Crippen LogP contribution is -2.41. The van der Waals surface area contributed by atoms with Crippen LogP contribution in [0, 0.1) is 0 Å². The topological polar surface area (TPSA) is 53.5 Å². The Morgan fingerprint density at radius 3 is 2.67 bits per heavy atom. The molecule has 0 aliphatic heterocycles. The van der Waals surface area contributed by atoms with E-state index in [-0.39, 0.29) is 4.75 Å². The molecule has 120 valence electrons. The molecule has 0 aliphatic rings. The van der Waals surface area contributed by atoms with Crippen LogP contribution in [0.1, 0.15) is 39.2 Å². The summed E-state index contributed by atoms with van der Waals surface area (Å²) in [5.74, 6) is 1.84. The zero-order chi connectivity index (χ0) is 15.9. The van der Waals surface area contributed by atoms with Crippen LogP contribution in [0.2, 0.25) is 0 Å². The van der Waals surface area contributed by atoms with E-state index in [2.05, 4.69) is 39.4 Å². The highest BCUT2D eigenvalue weighted by Crippen LogP contribution is 2.16. The van der Waals surface area contributed by atoms with Crippen molar-refractivity contribution in [3.05, 3.63) is 22.4 Å². The highest BCUT2D eigenvalue weighted by atomic mass is 32.2. The number of thiophene rings is 1. The van der Waals surface area contributed by atoms with Gasteiger partial charge in [0, 0.05) is 41.4 Å². The molecule has 1 heterocycles. The molecule has 0 bridgehead atoms. The molecule has 2 atom stereocenters. The summed E-state index contributed by atoms with van der Waals surface area (Å²) >= 11 is 1.72. The van der Waals surface area contributed by atoms with Crippen molar-refractivity contribution < 1.29 is 4.21 Å². The molecular formula is C15H27N3OS2. The predicted octanol–water partition coefficient (Wildman–Crippen LogP) is 2.56. The van der Waals surface area contributed by atoms with Crippen molar-refractivity contribution >= 4 is 28.1 Å². The van der Waals surface area contributed by atoms with Crippen LogP contribution in [0.3, 0.4) is 0 Å². The van der Waals surface area contributed by atoms with Crippen molar-refractivity contribution in [1.82, 2.24) is 10.6 Å². The molecule has 0 amide bonds. The average molecular weight is 330 g/mol. The standard InChI is InChI=1S/C15H27N3OS2/c1-12(13-6-8-20-11-13)10-18-14(16-5)17-7-9-21(19)15(2,3)4/h6,8,11-12H,7,9-10H2,1-5H3,(H2,16,17,18). The molecule has 1 rings (SSSR count). The van der Waals surface area contributed by atoms with Crippen molar-refractivity contribution in [2.24, 2.45) is 4.99 Å². The molecule has 0 spiro atoms. The Labute approximate surface area is 134 Å². The number of rotatable bonds is 6. The second-order valence-electron chi connectivity index (χ2n) is 6.00. The normalized spacial score (nSPS) is 15.6. The van der Waals surface area contributed by atoms with E-state index in [0.717, 1.165) is 12.5 Å². The van der Waals surface area contributed by atoms with Gasteiger partial charge in [-0.15, -0.1) is 0 Å². The van der Waals surface area contributed by atoms with Crippen LogP contribution in [0.25, 0.3) is 0 Å². The first-order valence-electron chi connectivity index (χ1n) is 7.19. The van der Waals surface area contributed by atoms with Crippen molar-refractivity contribution in [2.75, 3.05) is 25.9 Å². The second-order valence-corrected chi connectivity index (χ2v) is 9.10. The second kappa shape index (κ2) is 8.54. The smallest absolute Gasteiger partial charge is 0.191 e. The van der Waals surface area contributed by atoms with Gasteiger partial charge in [0.25, 0.3) is 0 Å². The molecule has 0 saturated carbocycles. The van der Waals surface area contributed by atoms with Crippen LogP contribution < -0.4 is 10.6 Å². The van der Waals surface area contributed by atoms with Gasteiger partial charge in [-0.3, -0.25) is 9.20 Å². The molecule has 0 saturated heterocycles. The van der Waals surface area contributed by atoms with Crippen molar-refractivity contribution in [1.29, 1.82) is 0 Å². The molecule has 1 aromatic heterocycles. The van der Waals surface area contributed by atoms with Gasteiger partial charge in [-0.25, -0.2) is 0 Å². The van der Waals surface area contributed by atoms with E-state index in [1.165, 1.54) is 5.56 Å². The van der Waals surface area contributed by atoms with Crippen LogP contribution in [0.4, 0.5) is 0 Å². The highest BCUT2D eigenvalue weighted by molar-refractivity contribution is 7.86. The van der Waals surface area contributed by atoms with Gasteiger partial charge >= 0.3 is 0 Å². The van der Waals surface area contributed by atoms with Gasteiger partial charge in [-0.2, -0.15) is 11.3 Å². The van der Waals surface area contributed by atoms with E-state index < -0.39 is 10.8 Å². The molecule has 6 heteroatoms. The molecule has 0 fully saturated rings. The fraction of sp³-hybridized carbons (Fsp3) is 0.667. The van der Waals surface area contributed by atoms with E-state index in [0.29, 0.717) is 18.2 Å². The quantitative estimate of drug-likeness (QED) is 0.623. The molecule has 21 heavy (non-hydrogen) atoms. The van der Waals surface area contributed by atoms with Gasteiger partial charge in [-0.05, 0) is 49.1 Å². The summed E-state index contributed by atoms with van der Waals surface area (Å²) in [4.78, 5) is 4.20. The lowest BCUT2D eigenvalue weighted by Gasteiger charge is -2.19. The molecule has 2 N–H and O–H groups in total. The third kappa shape index (κ3) is 6.61. The summed E-state index contributed by atoms with van der Waals surface area (Å²) in [7, 11) is 0.919. The Bertz CT molecular complexity index is 464. The summed E-state index contributed by atoms with van der Waals surface area (Å²) in [6.07, 6.45) is 0. The highest BCUT2D eigenvalue weighted by Gasteiger charge is 2.18. The minimum atomic E-state index is -0.837. The average Bonchev–Trinajstić information content (AvgIpc) is 2.95. The van der Waals surface area contributed by atoms with E-state index >= 15 is 0 Å². The van der Waals surface area contributed by atoms with Gasteiger partial charge in [0.15, 0.2) is 5.96 Å². The van der Waals surface area contributed by atoms with E-state index in [1.807, 2.05) is 20.8 Å². The molecule has 0 aromatic carbocycles. The van der Waals surface area contributed by atoms with Crippen molar-refractivity contribution in [2.45, 2.75) is 38.4 Å². The maximum absolute atomic E-state index is 12.0. The number of hydrogen-bond donors (Lipinski definition) is 2. The number of nitrogens with zero attached hydrogens (tertiary/aromatic N) is 1. The zero-order valence-corrected chi connectivity index (χ0v) is 15.2. The largest absolute Gasteiger partial charge is 0.356 e. The maximum atomic E-state index is 12.0. The molecular weight excluding hydrogens is 302 g/mol. The molecule has 4 nitrogen and oxygen atoms in total. The Morgan fingerprint density at radius 2 is 2.14 bits per heavy atom. The van der Waals surface area contributed by atoms with Crippen LogP contribution in [-0.4, -0.2) is 40.8 Å². The summed E-state index contributed by atoms with van der Waals surface area (Å²) in [6.45, 7) is 9.68. The van der Waals surface area contributed by atoms with E-state index in [4.69, 9.17) is 0 Å². The van der Waals surface area contributed by atoms with E-state index in [9.17, 15) is 4.21 Å². The SMILES string of the molecule is CN=C(NCCS(=O)C(C)(C)C)NCC(C)c1ccsc1. The Morgan fingerprint density at radius 1 is 1.43 bits per heavy atom. The summed E-state index contributed by atoms with van der Waals surface area (Å²) in [5.41, 5.74) is 1.34. The molecule has 0 radical (unpaired) electrons. The monoisotopic (exact) mass is 329 g/mol. The first-order valence-corrected chi connectivity index (χ1v) is 9.46. The van der Waals surface area contributed by atoms with Crippen LogP contribution in [0.15, 0.2) is 21.8 Å². The summed E-state index contributed by atoms with van der Waals surface area (Å²) < 4.78 is 11.8. The van der Waals surface area contributed by atoms with Gasteiger partial charge in [0.2, 0.25) is 0 Å². The number of nitrogens with one attached hydrogen (secondary N) is 2. The zero-order valence-electron chi connectivity index (χ0n) is 13.6.